The van der Waals surface area contributed by atoms with E-state index in [2.05, 4.69) is 17.1 Å². The van der Waals surface area contributed by atoms with Gasteiger partial charge >= 0.3 is 0 Å². The van der Waals surface area contributed by atoms with Gasteiger partial charge in [-0.2, -0.15) is 0 Å². The lowest BCUT2D eigenvalue weighted by atomic mass is 9.87. The third-order valence-corrected chi connectivity index (χ3v) is 4.50. The molecular formula is C17H27N3O. The number of nitrogens with two attached hydrogens (primary N) is 1. The van der Waals surface area contributed by atoms with Crippen molar-refractivity contribution in [1.82, 2.24) is 10.2 Å². The standard InChI is InChI=1S/C17H27N3O/c1-3-19-17(16(18)21,15-7-5-4-6-8-15)13-20-11-9-14(2)10-12-20/h4-8,14,19H,3,9-13H2,1-2H3,(H2,18,21). The molecule has 0 radical (unpaired) electrons. The maximum atomic E-state index is 12.3. The van der Waals surface area contributed by atoms with Gasteiger partial charge in [-0.05, 0) is 44.0 Å². The molecule has 0 aromatic heterocycles. The van der Waals surface area contributed by atoms with Gasteiger partial charge in [-0.25, -0.2) is 0 Å². The fourth-order valence-corrected chi connectivity index (χ4v) is 3.14. The number of primary amides is 1. The summed E-state index contributed by atoms with van der Waals surface area (Å²) in [5, 5.41) is 3.35. The maximum Gasteiger partial charge on any atom is 0.243 e. The summed E-state index contributed by atoms with van der Waals surface area (Å²) >= 11 is 0. The molecule has 4 heteroatoms. The van der Waals surface area contributed by atoms with E-state index < -0.39 is 5.54 Å². The zero-order chi connectivity index (χ0) is 15.3. The Labute approximate surface area is 127 Å². The Morgan fingerprint density at radius 3 is 2.48 bits per heavy atom. The van der Waals surface area contributed by atoms with Gasteiger partial charge in [-0.1, -0.05) is 44.2 Å². The van der Waals surface area contributed by atoms with Crippen molar-refractivity contribution < 1.29 is 4.79 Å². The average Bonchev–Trinajstić information content (AvgIpc) is 2.49. The van der Waals surface area contributed by atoms with Crippen molar-refractivity contribution in [2.45, 2.75) is 32.2 Å². The van der Waals surface area contributed by atoms with Crippen LogP contribution >= 0.6 is 0 Å². The van der Waals surface area contributed by atoms with E-state index in [1.807, 2.05) is 37.3 Å². The summed E-state index contributed by atoms with van der Waals surface area (Å²) in [6.45, 7) is 7.73. The van der Waals surface area contributed by atoms with E-state index in [0.29, 0.717) is 13.1 Å². The molecule has 116 valence electrons. The van der Waals surface area contributed by atoms with Gasteiger partial charge in [-0.3, -0.25) is 10.1 Å². The van der Waals surface area contributed by atoms with Crippen LogP contribution in [0.5, 0.6) is 0 Å². The summed E-state index contributed by atoms with van der Waals surface area (Å²) < 4.78 is 0. The van der Waals surface area contributed by atoms with Crippen LogP contribution in [0.3, 0.4) is 0 Å². The molecule has 0 spiro atoms. The fraction of sp³-hybridized carbons (Fsp3) is 0.588. The quantitative estimate of drug-likeness (QED) is 0.838. The lowest BCUT2D eigenvalue weighted by molar-refractivity contribution is -0.126. The van der Waals surface area contributed by atoms with Crippen LogP contribution in [0.25, 0.3) is 0 Å². The van der Waals surface area contributed by atoms with Gasteiger partial charge in [0.15, 0.2) is 0 Å². The van der Waals surface area contributed by atoms with Crippen LogP contribution < -0.4 is 11.1 Å². The van der Waals surface area contributed by atoms with Crippen LogP contribution in [0, 0.1) is 5.92 Å². The topological polar surface area (TPSA) is 58.4 Å². The second-order valence-corrected chi connectivity index (χ2v) is 6.12. The number of carbonyl (C=O) groups excluding carboxylic acids is 1. The molecule has 0 saturated carbocycles. The molecule has 1 saturated heterocycles. The zero-order valence-electron chi connectivity index (χ0n) is 13.1. The number of rotatable bonds is 6. The molecular weight excluding hydrogens is 262 g/mol. The van der Waals surface area contributed by atoms with Gasteiger partial charge in [-0.15, -0.1) is 0 Å². The van der Waals surface area contributed by atoms with Gasteiger partial charge in [0.2, 0.25) is 5.91 Å². The van der Waals surface area contributed by atoms with E-state index in [9.17, 15) is 4.79 Å². The molecule has 1 aromatic carbocycles. The first-order chi connectivity index (χ1) is 10.1. The average molecular weight is 289 g/mol. The molecule has 1 aliphatic rings. The number of likely N-dealkylation sites (tertiary alicyclic amines) is 1. The van der Waals surface area contributed by atoms with Crippen molar-refractivity contribution in [3.63, 3.8) is 0 Å². The summed E-state index contributed by atoms with van der Waals surface area (Å²) in [5.74, 6) is 0.481. The normalized spacial score (nSPS) is 20.1. The Morgan fingerprint density at radius 2 is 1.95 bits per heavy atom. The third-order valence-electron chi connectivity index (χ3n) is 4.50. The molecule has 21 heavy (non-hydrogen) atoms. The summed E-state index contributed by atoms with van der Waals surface area (Å²) in [6.07, 6.45) is 2.38. The monoisotopic (exact) mass is 289 g/mol. The first-order valence-electron chi connectivity index (χ1n) is 7.91. The molecule has 1 atom stereocenters. The highest BCUT2D eigenvalue weighted by Crippen LogP contribution is 2.25. The first-order valence-corrected chi connectivity index (χ1v) is 7.91. The Morgan fingerprint density at radius 1 is 1.33 bits per heavy atom. The predicted molar refractivity (Wildman–Crippen MR) is 85.8 cm³/mol. The highest BCUT2D eigenvalue weighted by Gasteiger charge is 2.39. The lowest BCUT2D eigenvalue weighted by Gasteiger charge is -2.39. The maximum absolute atomic E-state index is 12.3. The smallest absolute Gasteiger partial charge is 0.243 e. The molecule has 1 amide bonds. The molecule has 0 aliphatic carbocycles. The first kappa shape index (κ1) is 16.0. The summed E-state index contributed by atoms with van der Waals surface area (Å²) in [6, 6.07) is 9.86. The molecule has 3 N–H and O–H groups in total. The van der Waals surface area contributed by atoms with Gasteiger partial charge < -0.3 is 10.6 Å². The number of benzene rings is 1. The van der Waals surface area contributed by atoms with Crippen molar-refractivity contribution in [2.75, 3.05) is 26.2 Å². The minimum Gasteiger partial charge on any atom is -0.368 e. The van der Waals surface area contributed by atoms with E-state index in [4.69, 9.17) is 5.73 Å². The highest BCUT2D eigenvalue weighted by atomic mass is 16.1. The van der Waals surface area contributed by atoms with Crippen LogP contribution in [-0.2, 0) is 10.3 Å². The van der Waals surface area contributed by atoms with Gasteiger partial charge in [0.05, 0.1) is 0 Å². The summed E-state index contributed by atoms with van der Waals surface area (Å²) in [7, 11) is 0. The van der Waals surface area contributed by atoms with Crippen LogP contribution in [0.2, 0.25) is 0 Å². The fourth-order valence-electron chi connectivity index (χ4n) is 3.14. The van der Waals surface area contributed by atoms with E-state index in [1.165, 1.54) is 12.8 Å². The van der Waals surface area contributed by atoms with Crippen LogP contribution in [-0.4, -0.2) is 37.0 Å². The molecule has 0 bridgehead atoms. The number of nitrogens with zero attached hydrogens (tertiary/aromatic N) is 1. The van der Waals surface area contributed by atoms with E-state index in [-0.39, 0.29) is 5.91 Å². The number of nitrogens with one attached hydrogen (secondary N) is 1. The number of hydrogen-bond donors (Lipinski definition) is 2. The number of carbonyl (C=O) groups is 1. The van der Waals surface area contributed by atoms with Crippen LogP contribution in [0.15, 0.2) is 30.3 Å². The molecule has 1 fully saturated rings. The van der Waals surface area contributed by atoms with Gasteiger partial charge in [0, 0.05) is 6.54 Å². The predicted octanol–water partition coefficient (Wildman–Crippen LogP) is 1.71. The Hall–Kier alpha value is -1.39. The third kappa shape index (κ3) is 3.63. The van der Waals surface area contributed by atoms with E-state index in [1.54, 1.807) is 0 Å². The second-order valence-electron chi connectivity index (χ2n) is 6.12. The highest BCUT2D eigenvalue weighted by molar-refractivity contribution is 5.86. The van der Waals surface area contributed by atoms with Crippen molar-refractivity contribution >= 4 is 5.91 Å². The summed E-state index contributed by atoms with van der Waals surface area (Å²) in [5.41, 5.74) is 5.97. The second kappa shape index (κ2) is 7.05. The Balaban J connectivity index is 2.25. The Bertz CT molecular complexity index is 454. The van der Waals surface area contributed by atoms with Gasteiger partial charge in [0.25, 0.3) is 0 Å². The van der Waals surface area contributed by atoms with Crippen LogP contribution in [0.4, 0.5) is 0 Å². The van der Waals surface area contributed by atoms with Gasteiger partial charge in [0.1, 0.15) is 5.54 Å². The van der Waals surface area contributed by atoms with Crippen molar-refractivity contribution in [3.8, 4) is 0 Å². The molecule has 1 aliphatic heterocycles. The molecule has 1 aromatic rings. The molecule has 2 rings (SSSR count). The molecule has 1 heterocycles. The number of hydrogen-bond acceptors (Lipinski definition) is 3. The lowest BCUT2D eigenvalue weighted by Crippen LogP contribution is -2.59. The number of likely N-dealkylation sites (N-methyl/N-ethyl adjacent to an activating group) is 1. The number of amides is 1. The Kier molecular flexibility index (Phi) is 5.37. The summed E-state index contributed by atoms with van der Waals surface area (Å²) in [4.78, 5) is 14.6. The SMILES string of the molecule is CCNC(CN1CCC(C)CC1)(C(N)=O)c1ccccc1. The van der Waals surface area contributed by atoms with Crippen molar-refractivity contribution in [3.05, 3.63) is 35.9 Å². The van der Waals surface area contributed by atoms with Crippen molar-refractivity contribution in [2.24, 2.45) is 11.7 Å². The minimum atomic E-state index is -0.795. The molecule has 4 nitrogen and oxygen atoms in total. The van der Waals surface area contributed by atoms with Crippen LogP contribution in [0.1, 0.15) is 32.3 Å². The van der Waals surface area contributed by atoms with Crippen molar-refractivity contribution in [1.29, 1.82) is 0 Å². The number of piperidine rings is 1. The van der Waals surface area contributed by atoms with E-state index >= 15 is 0 Å². The minimum absolute atomic E-state index is 0.297. The largest absolute Gasteiger partial charge is 0.368 e. The van der Waals surface area contributed by atoms with E-state index in [0.717, 1.165) is 24.6 Å². The zero-order valence-corrected chi connectivity index (χ0v) is 13.1. The molecule has 1 unspecified atom stereocenters.